The second-order valence-electron chi connectivity index (χ2n) is 5.21. The molecule has 7 nitrogen and oxygen atoms in total. The van der Waals surface area contributed by atoms with Gasteiger partial charge in [-0.05, 0) is 18.2 Å². The highest BCUT2D eigenvalue weighted by atomic mass is 32.2. The first-order valence-electron chi connectivity index (χ1n) is 7.20. The molecule has 2 aromatic rings. The Morgan fingerprint density at radius 2 is 2.04 bits per heavy atom. The zero-order valence-corrected chi connectivity index (χ0v) is 13.7. The molecule has 1 fully saturated rings. The van der Waals surface area contributed by atoms with Gasteiger partial charge in [0, 0.05) is 12.3 Å². The quantitative estimate of drug-likeness (QED) is 0.813. The van der Waals surface area contributed by atoms with Crippen molar-refractivity contribution in [2.45, 2.75) is 11.0 Å². The van der Waals surface area contributed by atoms with Gasteiger partial charge in [-0.3, -0.25) is 0 Å². The normalized spacial score (nSPS) is 15.3. The number of para-hydroxylation sites is 1. The van der Waals surface area contributed by atoms with E-state index in [1.807, 2.05) is 6.07 Å². The number of pyridine rings is 1. The second-order valence-corrected chi connectivity index (χ2v) is 7.11. The Balaban J connectivity index is 1.68. The highest BCUT2D eigenvalue weighted by Gasteiger charge is 2.39. The van der Waals surface area contributed by atoms with Gasteiger partial charge in [-0.2, -0.15) is 9.57 Å². The maximum Gasteiger partial charge on any atom is 0.247 e. The van der Waals surface area contributed by atoms with Crippen LogP contribution in [0.4, 0.5) is 0 Å². The summed E-state index contributed by atoms with van der Waals surface area (Å²) in [6.45, 7) is 0.442. The third-order valence-corrected chi connectivity index (χ3v) is 5.52. The van der Waals surface area contributed by atoms with Crippen molar-refractivity contribution in [3.8, 4) is 17.7 Å². The Hall–Kier alpha value is -2.63. The van der Waals surface area contributed by atoms with Crippen LogP contribution in [0.5, 0.6) is 11.6 Å². The average Bonchev–Trinajstić information content (AvgIpc) is 2.57. The van der Waals surface area contributed by atoms with Crippen molar-refractivity contribution in [1.29, 1.82) is 5.26 Å². The van der Waals surface area contributed by atoms with Crippen LogP contribution in [-0.4, -0.2) is 44.0 Å². The largest absolute Gasteiger partial charge is 0.495 e. The number of benzene rings is 1. The molecule has 8 heteroatoms. The van der Waals surface area contributed by atoms with Crippen LogP contribution in [0.2, 0.25) is 0 Å². The molecule has 0 aliphatic carbocycles. The van der Waals surface area contributed by atoms with E-state index in [0.717, 1.165) is 0 Å². The van der Waals surface area contributed by atoms with Gasteiger partial charge in [-0.15, -0.1) is 0 Å². The van der Waals surface area contributed by atoms with Crippen LogP contribution < -0.4 is 9.47 Å². The van der Waals surface area contributed by atoms with Crippen molar-refractivity contribution in [2.24, 2.45) is 0 Å². The average molecular weight is 345 g/mol. The Bertz CT molecular complexity index is 886. The van der Waals surface area contributed by atoms with Crippen LogP contribution in [0.15, 0.2) is 47.5 Å². The minimum Gasteiger partial charge on any atom is -0.495 e. The van der Waals surface area contributed by atoms with Gasteiger partial charge in [-0.25, -0.2) is 13.4 Å². The molecule has 1 aliphatic rings. The first-order chi connectivity index (χ1) is 11.5. The van der Waals surface area contributed by atoms with Gasteiger partial charge in [0.2, 0.25) is 15.9 Å². The first kappa shape index (κ1) is 16.2. The van der Waals surface area contributed by atoms with E-state index in [1.54, 1.807) is 24.3 Å². The van der Waals surface area contributed by atoms with E-state index in [4.69, 9.17) is 14.7 Å². The van der Waals surface area contributed by atoms with E-state index in [-0.39, 0.29) is 24.1 Å². The van der Waals surface area contributed by atoms with Crippen molar-refractivity contribution < 1.29 is 17.9 Å². The van der Waals surface area contributed by atoms with Crippen molar-refractivity contribution in [2.75, 3.05) is 20.2 Å². The molecular weight excluding hydrogens is 330 g/mol. The van der Waals surface area contributed by atoms with Gasteiger partial charge >= 0.3 is 0 Å². The predicted molar refractivity (Wildman–Crippen MR) is 85.1 cm³/mol. The first-order valence-corrected chi connectivity index (χ1v) is 8.64. The van der Waals surface area contributed by atoms with E-state index < -0.39 is 10.0 Å². The number of methoxy groups -OCH3 is 1. The van der Waals surface area contributed by atoms with Gasteiger partial charge < -0.3 is 9.47 Å². The van der Waals surface area contributed by atoms with E-state index in [2.05, 4.69) is 4.98 Å². The van der Waals surface area contributed by atoms with Crippen molar-refractivity contribution >= 4 is 10.0 Å². The van der Waals surface area contributed by atoms with E-state index >= 15 is 0 Å². The van der Waals surface area contributed by atoms with Crippen LogP contribution in [-0.2, 0) is 10.0 Å². The van der Waals surface area contributed by atoms with Crippen LogP contribution in [0.1, 0.15) is 5.56 Å². The fourth-order valence-electron chi connectivity index (χ4n) is 2.36. The molecule has 124 valence electrons. The Morgan fingerprint density at radius 1 is 1.29 bits per heavy atom. The molecule has 1 aromatic carbocycles. The lowest BCUT2D eigenvalue weighted by atomic mass is 10.2. The molecule has 3 rings (SSSR count). The van der Waals surface area contributed by atoms with E-state index in [1.165, 1.54) is 29.7 Å². The summed E-state index contributed by atoms with van der Waals surface area (Å²) in [5.41, 5.74) is 0.442. The molecule has 0 bridgehead atoms. The predicted octanol–water partition coefficient (Wildman–Crippen LogP) is 1.41. The molecule has 0 radical (unpaired) electrons. The minimum atomic E-state index is -3.63. The summed E-state index contributed by atoms with van der Waals surface area (Å²) < 4.78 is 37.3. The smallest absolute Gasteiger partial charge is 0.247 e. The van der Waals surface area contributed by atoms with E-state index in [9.17, 15) is 8.42 Å². The van der Waals surface area contributed by atoms with Gasteiger partial charge in [0.15, 0.2) is 0 Å². The number of aromatic nitrogens is 1. The van der Waals surface area contributed by atoms with E-state index in [0.29, 0.717) is 17.2 Å². The maximum absolute atomic E-state index is 12.6. The fraction of sp³-hybridized carbons (Fsp3) is 0.250. The molecule has 1 saturated heterocycles. The fourth-order valence-corrected chi connectivity index (χ4v) is 4.02. The highest BCUT2D eigenvalue weighted by molar-refractivity contribution is 7.89. The summed E-state index contributed by atoms with van der Waals surface area (Å²) in [5.74, 6) is 0.624. The topological polar surface area (TPSA) is 92.5 Å². The molecule has 0 unspecified atom stereocenters. The molecule has 0 saturated carbocycles. The number of ether oxygens (including phenoxy) is 2. The van der Waals surface area contributed by atoms with Gasteiger partial charge in [0.1, 0.15) is 16.7 Å². The third kappa shape index (κ3) is 3.04. The zero-order valence-electron chi connectivity index (χ0n) is 12.9. The number of nitrogens with zero attached hydrogens (tertiary/aromatic N) is 3. The molecule has 24 heavy (non-hydrogen) atoms. The van der Waals surface area contributed by atoms with Crippen LogP contribution >= 0.6 is 0 Å². The maximum atomic E-state index is 12.6. The Morgan fingerprint density at radius 3 is 2.75 bits per heavy atom. The monoisotopic (exact) mass is 345 g/mol. The van der Waals surface area contributed by atoms with Crippen molar-refractivity contribution in [1.82, 2.24) is 9.29 Å². The van der Waals surface area contributed by atoms with Gasteiger partial charge in [0.05, 0.1) is 31.8 Å². The van der Waals surface area contributed by atoms with Crippen LogP contribution in [0, 0.1) is 11.3 Å². The highest BCUT2D eigenvalue weighted by Crippen LogP contribution is 2.29. The molecule has 0 spiro atoms. The lowest BCUT2D eigenvalue weighted by Crippen LogP contribution is -2.56. The summed E-state index contributed by atoms with van der Waals surface area (Å²) in [5, 5.41) is 8.86. The van der Waals surface area contributed by atoms with Gasteiger partial charge in [-0.1, -0.05) is 12.1 Å². The lowest BCUT2D eigenvalue weighted by molar-refractivity contribution is 0.0719. The second kappa shape index (κ2) is 6.47. The summed E-state index contributed by atoms with van der Waals surface area (Å²) in [6, 6.07) is 11.6. The van der Waals surface area contributed by atoms with Crippen LogP contribution in [0.25, 0.3) is 0 Å². The SMILES string of the molecule is COc1ccccc1S(=O)(=O)N1CC(Oc2cc(C#N)ccn2)C1. The van der Waals surface area contributed by atoms with Crippen molar-refractivity contribution in [3.63, 3.8) is 0 Å². The summed E-state index contributed by atoms with van der Waals surface area (Å²) >= 11 is 0. The standard InChI is InChI=1S/C16H15N3O4S/c1-22-14-4-2-3-5-15(14)24(20,21)19-10-13(11-19)23-16-8-12(9-17)6-7-18-16/h2-8,13H,10-11H2,1H3. The molecule has 2 heterocycles. The van der Waals surface area contributed by atoms with Crippen molar-refractivity contribution in [3.05, 3.63) is 48.2 Å². The minimum absolute atomic E-state index is 0.135. The Kier molecular flexibility index (Phi) is 4.38. The Labute approximate surface area is 140 Å². The number of nitriles is 1. The summed E-state index contributed by atoms with van der Waals surface area (Å²) in [4.78, 5) is 4.16. The zero-order chi connectivity index (χ0) is 17.2. The molecule has 1 aromatic heterocycles. The van der Waals surface area contributed by atoms with Gasteiger partial charge in [0.25, 0.3) is 0 Å². The molecule has 1 aliphatic heterocycles. The molecular formula is C16H15N3O4S. The molecule has 0 atom stereocenters. The molecule has 0 N–H and O–H groups in total. The van der Waals surface area contributed by atoms with Crippen LogP contribution in [0.3, 0.4) is 0 Å². The third-order valence-electron chi connectivity index (χ3n) is 3.65. The molecule has 0 amide bonds. The summed E-state index contributed by atoms with van der Waals surface area (Å²) in [7, 11) is -2.19. The number of hydrogen-bond donors (Lipinski definition) is 0. The number of hydrogen-bond acceptors (Lipinski definition) is 6. The number of rotatable bonds is 5. The number of sulfonamides is 1. The summed E-state index contributed by atoms with van der Waals surface area (Å²) in [6.07, 6.45) is 1.19. The lowest BCUT2D eigenvalue weighted by Gasteiger charge is -2.37.